The zero-order valence-corrected chi connectivity index (χ0v) is 75.4. The Morgan fingerprint density at radius 3 is 1.12 bits per heavy atom. The van der Waals surface area contributed by atoms with Crippen molar-refractivity contribution < 1.29 is 34.1 Å². The van der Waals surface area contributed by atoms with Gasteiger partial charge in [-0.25, -0.2) is 0 Å². The van der Waals surface area contributed by atoms with Crippen molar-refractivity contribution in [2.45, 2.75) is 13.8 Å². The van der Waals surface area contributed by atoms with Gasteiger partial charge in [0.05, 0.1) is 22.1 Å². The molecular formula is C98H62B12F4I2N6O4P2-2. The summed E-state index contributed by atoms with van der Waals surface area (Å²) in [6, 6.07) is 112. The van der Waals surface area contributed by atoms with E-state index in [2.05, 4.69) is 337 Å². The first kappa shape index (κ1) is 76.2. The third kappa shape index (κ3) is 10.4. The molecule has 0 spiro atoms. The fourth-order valence-corrected chi connectivity index (χ4v) is 39.9. The molecule has 4 aromatic heterocycles. The number of hydrogen-bond donors (Lipinski definition) is 0. The third-order valence-corrected chi connectivity index (χ3v) is 44.3. The number of hydrogen-bond acceptors (Lipinski definition) is 6. The van der Waals surface area contributed by atoms with Gasteiger partial charge in [-0.1, -0.05) is 103 Å². The summed E-state index contributed by atoms with van der Waals surface area (Å²) in [6.07, 6.45) is 2.78. The molecule has 34 rings (SSSR count). The number of benzene rings is 16. The van der Waals surface area contributed by atoms with Crippen LogP contribution < -0.4 is 93.9 Å². The van der Waals surface area contributed by atoms with Gasteiger partial charge < -0.3 is 28.0 Å². The Hall–Kier alpha value is -11.9. The van der Waals surface area contributed by atoms with Gasteiger partial charge >= 0.3 is 429 Å². The second kappa shape index (κ2) is 28.3. The molecule has 10 nitrogen and oxygen atoms in total. The van der Waals surface area contributed by atoms with Gasteiger partial charge in [0.15, 0.2) is 0 Å². The van der Waals surface area contributed by atoms with E-state index in [9.17, 15) is 0 Å². The molecule has 16 aromatic carbocycles. The monoisotopic (exact) mass is 1910 g/mol. The summed E-state index contributed by atoms with van der Waals surface area (Å²) in [7, 11) is 4.24. The molecule has 6 saturated heterocycles. The molecule has 0 atom stereocenters. The normalized spacial score (nSPS) is 14.7. The number of fused-ring (bicyclic) bond motifs is 32. The van der Waals surface area contributed by atoms with E-state index in [1.807, 2.05) is 24.3 Å². The predicted octanol–water partition coefficient (Wildman–Crippen LogP) is 9.52. The first-order valence-electron chi connectivity index (χ1n) is 44.1. The molecule has 598 valence electrons. The summed E-state index contributed by atoms with van der Waals surface area (Å²) in [5, 5.41) is 9.97. The Morgan fingerprint density at radius 2 is 0.633 bits per heavy atom. The van der Waals surface area contributed by atoms with Gasteiger partial charge in [0.25, 0.3) is 13.4 Å². The van der Waals surface area contributed by atoms with Crippen LogP contribution in [0.15, 0.2) is 321 Å². The van der Waals surface area contributed by atoms with Crippen LogP contribution in [0.25, 0.3) is 110 Å². The first-order valence-corrected chi connectivity index (χ1v) is 52.7. The maximum Gasteiger partial charge on any atom is -1.00 e. The number of para-hydroxylation sites is 10. The quantitative estimate of drug-likeness (QED) is 0.0762. The Kier molecular flexibility index (Phi) is 16.8. The molecule has 0 amide bonds. The van der Waals surface area contributed by atoms with Gasteiger partial charge in [-0.3, -0.25) is 0 Å². The number of rotatable bonds is 4. The second-order valence-electron chi connectivity index (χ2n) is 36.0. The second-order valence-corrected chi connectivity index (χ2v) is 48.6. The molecule has 0 aliphatic carbocycles. The van der Waals surface area contributed by atoms with Crippen LogP contribution in [-0.4, -0.2) is 98.2 Å². The van der Waals surface area contributed by atoms with Crippen LogP contribution in [0.4, 0.5) is 5.72 Å². The average molecular weight is 1910 g/mol. The number of aromatic nitrogens is 4. The minimum absolute atomic E-state index is 0. The van der Waals surface area contributed by atoms with E-state index in [1.165, 1.54) is 154 Å². The van der Waals surface area contributed by atoms with Crippen molar-refractivity contribution in [1.29, 1.82) is 0 Å². The number of nitrogens with zero attached hydrogens (tertiary/aromatic N) is 6. The van der Waals surface area contributed by atoms with E-state index < -0.39 is 56.3 Å². The fourth-order valence-electron chi connectivity index (χ4n) is 23.6. The molecule has 6 fully saturated rings. The molecule has 14 aliphatic heterocycles. The topological polar surface area (TPSA) is 81.4 Å². The Balaban J connectivity index is 0.0000000883. The van der Waals surface area contributed by atoms with Gasteiger partial charge in [0, 0.05) is 32.9 Å². The van der Waals surface area contributed by atoms with E-state index in [0.29, 0.717) is 24.9 Å². The van der Waals surface area contributed by atoms with Crippen molar-refractivity contribution in [1.82, 2.24) is 18.3 Å². The molecule has 30 heteroatoms. The van der Waals surface area contributed by atoms with Crippen LogP contribution in [0.2, 0.25) is 0 Å². The average Bonchev–Trinajstić information content (AvgIpc) is 1.58. The van der Waals surface area contributed by atoms with Gasteiger partial charge in [-0.2, -0.15) is 0 Å². The fraction of sp³-hybridized carbons (Fsp3) is 0.0204. The molecule has 0 saturated carbocycles. The SMILES string of the molecule is Cc1ccc2c(c1)B1c3ccccc3-n3c4ccccc4c4ccc(c1c43)O2.Cc1ccc2c(c1)Oc1ccc3c4ccccc4n4c3c1B2c1ccccc1-4.FI(N=[P+]1B2[B]B1[BH2-]2)c1cc2c3ccccc3n3c2c2c1Oc1ccccc1B2c1ccccc1-3.FI(N=[P+]1B2[B]B1[BH2-]2)c1cccc2c1Oc1ccc3c4ccccc4n4c3c1B2c1ccccc1-4.[F-].[F-]. The first-order chi connectivity index (χ1) is 62.2. The molecule has 18 heterocycles. The van der Waals surface area contributed by atoms with Gasteiger partial charge in [0.1, 0.15) is 23.0 Å². The van der Waals surface area contributed by atoms with Gasteiger partial charge in [-0.15, -0.1) is 0 Å². The molecular weight excluding hydrogens is 1850 g/mol. The standard InChI is InChI=1S/2C25H16BNO.2C24H15B5FIN2OP.2FH/c1-15-10-12-22-19(14-15)26-18-7-3-5-9-21(18)27-20-8-4-2-6-16(20)17-11-13-23(28-22)24(26)25(17)27;1-15-10-12-19-23(14-15)28-22-13-11-17-16-6-2-4-8-20(16)27-21-9-5-3-7-18(21)26(19)24(22)25(17)27;30-31(32-35-28-25-29(35)26-28)18-13-15-14-7-1-4-10-19(14)33-20-11-5-2-8-16(20)27-17-9-3-6-12-21(17)34-24(18)22(27)23(15)33;30-31(32-35-28-25-29(35)26-28)18-9-5-8-17-24(18)34-21-13-12-15-14-6-1-3-10-19(14)33-20-11-4-2-7-16(20)27(17)22(21)23(15)33;;/h2*2-14H,1H3;2*1-13H,25H2;2*1H/p-2. The Morgan fingerprint density at radius 1 is 0.289 bits per heavy atom. The summed E-state index contributed by atoms with van der Waals surface area (Å²) in [5.41, 5.74) is 32.1. The molecule has 0 unspecified atom stereocenters. The van der Waals surface area contributed by atoms with Crippen LogP contribution in [0.5, 0.6) is 46.0 Å². The molecule has 14 aliphatic rings. The Bertz CT molecular complexity index is 8480. The molecule has 4 bridgehead atoms. The van der Waals surface area contributed by atoms with Crippen molar-refractivity contribution >= 4 is 289 Å². The summed E-state index contributed by atoms with van der Waals surface area (Å²) >= 11 is -6.37. The summed E-state index contributed by atoms with van der Waals surface area (Å²) in [6.45, 7) is 4.73. The van der Waals surface area contributed by atoms with Crippen molar-refractivity contribution in [3.05, 3.63) is 334 Å². The van der Waals surface area contributed by atoms with E-state index in [-0.39, 0.29) is 50.4 Å². The van der Waals surface area contributed by atoms with Gasteiger partial charge in [0.2, 0.25) is 0 Å². The summed E-state index contributed by atoms with van der Waals surface area (Å²) in [4.78, 5) is 0. The van der Waals surface area contributed by atoms with Crippen molar-refractivity contribution in [3.63, 3.8) is 0 Å². The van der Waals surface area contributed by atoms with Crippen molar-refractivity contribution in [3.8, 4) is 68.7 Å². The minimum Gasteiger partial charge on any atom is -1.00 e. The largest absolute Gasteiger partial charge is 1.00 e. The molecule has 128 heavy (non-hydrogen) atoms. The van der Waals surface area contributed by atoms with E-state index >= 15 is 5.72 Å². The van der Waals surface area contributed by atoms with Crippen LogP contribution in [0, 0.1) is 21.0 Å². The van der Waals surface area contributed by atoms with Crippen LogP contribution >= 0.6 is 56.3 Å². The number of halogens is 6. The number of aryl methyl sites for hydroxylation is 2. The molecule has 0 N–H and O–H groups in total. The molecule has 2 radical (unpaired) electrons. The third-order valence-electron chi connectivity index (χ3n) is 29.7. The summed E-state index contributed by atoms with van der Waals surface area (Å²) in [5.74, 6) is 7.07. The minimum atomic E-state index is -3.23. The van der Waals surface area contributed by atoms with E-state index in [4.69, 9.17) is 24.9 Å². The smallest absolute Gasteiger partial charge is 1.00 e. The van der Waals surface area contributed by atoms with E-state index in [0.717, 1.165) is 85.9 Å². The van der Waals surface area contributed by atoms with Crippen LogP contribution in [0.3, 0.4) is 0 Å². The predicted molar refractivity (Wildman–Crippen MR) is 555 cm³/mol. The van der Waals surface area contributed by atoms with Gasteiger partial charge in [-0.05, 0) is 113 Å². The number of ether oxygens (including phenoxy) is 4. The maximum absolute atomic E-state index is 16.3. The zero-order chi connectivity index (χ0) is 82.5. The molecule has 20 aromatic rings. The Labute approximate surface area is 756 Å². The van der Waals surface area contributed by atoms with Crippen LogP contribution in [-0.2, 0) is 0 Å². The maximum atomic E-state index is 16.3. The summed E-state index contributed by atoms with van der Waals surface area (Å²) < 4.78 is 78.9. The van der Waals surface area contributed by atoms with Crippen LogP contribution in [0.1, 0.15) is 11.1 Å². The van der Waals surface area contributed by atoms with E-state index in [1.54, 1.807) is 0 Å². The van der Waals surface area contributed by atoms with Crippen molar-refractivity contribution in [2.24, 2.45) is 5.92 Å². The zero-order valence-electron chi connectivity index (χ0n) is 69.3. The van der Waals surface area contributed by atoms with Crippen molar-refractivity contribution in [2.75, 3.05) is 0 Å².